The Balaban J connectivity index is 2.33. The van der Waals surface area contributed by atoms with E-state index in [1.54, 1.807) is 24.4 Å². The van der Waals surface area contributed by atoms with E-state index in [2.05, 4.69) is 20.9 Å². The van der Waals surface area contributed by atoms with E-state index in [1.165, 1.54) is 6.07 Å². The Morgan fingerprint density at radius 3 is 2.68 bits per heavy atom. The fourth-order valence-corrected chi connectivity index (χ4v) is 2.56. The molecule has 2 rings (SSSR count). The third-order valence-electron chi connectivity index (χ3n) is 3.11. The van der Waals surface area contributed by atoms with Gasteiger partial charge in [-0.05, 0) is 35.0 Å². The Labute approximate surface area is 120 Å². The lowest BCUT2D eigenvalue weighted by atomic mass is 10.1. The molecule has 1 atom stereocenters. The fraction of sp³-hybridized carbons (Fsp3) is 0.214. The Hall–Kier alpha value is -1.62. The monoisotopic (exact) mass is 323 g/mol. The third kappa shape index (κ3) is 2.87. The number of halogens is 2. The van der Waals surface area contributed by atoms with E-state index >= 15 is 0 Å². The molecule has 100 valence electrons. The van der Waals surface area contributed by atoms with Crippen LogP contribution in [0, 0.1) is 5.82 Å². The maximum Gasteiger partial charge on any atom is 0.143 e. The summed E-state index contributed by atoms with van der Waals surface area (Å²) in [7, 11) is 1.88. The minimum Gasteiger partial charge on any atom is -0.397 e. The van der Waals surface area contributed by atoms with Crippen molar-refractivity contribution in [3.05, 3.63) is 52.4 Å². The van der Waals surface area contributed by atoms with E-state index in [4.69, 9.17) is 5.73 Å². The Bertz CT molecular complexity index is 589. The molecule has 5 heteroatoms. The summed E-state index contributed by atoms with van der Waals surface area (Å²) in [6.45, 7) is 1.93. The number of nitrogens with two attached hydrogens (primary N) is 1. The highest BCUT2D eigenvalue weighted by molar-refractivity contribution is 9.10. The topological polar surface area (TPSA) is 42.2 Å². The van der Waals surface area contributed by atoms with Gasteiger partial charge in [-0.2, -0.15) is 0 Å². The molecule has 0 radical (unpaired) electrons. The molecule has 2 aromatic rings. The molecule has 1 heterocycles. The first-order chi connectivity index (χ1) is 9.00. The lowest BCUT2D eigenvalue weighted by Gasteiger charge is -2.27. The molecule has 1 aromatic carbocycles. The van der Waals surface area contributed by atoms with E-state index in [-0.39, 0.29) is 11.9 Å². The smallest absolute Gasteiger partial charge is 0.143 e. The van der Waals surface area contributed by atoms with Crippen molar-refractivity contribution in [2.75, 3.05) is 17.7 Å². The van der Waals surface area contributed by atoms with Crippen LogP contribution in [-0.2, 0) is 0 Å². The van der Waals surface area contributed by atoms with E-state index in [0.717, 1.165) is 10.3 Å². The largest absolute Gasteiger partial charge is 0.397 e. The van der Waals surface area contributed by atoms with E-state index < -0.39 is 0 Å². The van der Waals surface area contributed by atoms with Gasteiger partial charge in [0.05, 0.1) is 22.4 Å². The van der Waals surface area contributed by atoms with Crippen LogP contribution in [0.1, 0.15) is 18.5 Å². The molecule has 2 N–H and O–H groups in total. The third-order valence-corrected chi connectivity index (χ3v) is 3.70. The van der Waals surface area contributed by atoms with Crippen LogP contribution in [0.4, 0.5) is 15.9 Å². The molecule has 0 bridgehead atoms. The first-order valence-electron chi connectivity index (χ1n) is 5.89. The molecule has 0 aliphatic carbocycles. The van der Waals surface area contributed by atoms with Crippen molar-refractivity contribution in [2.24, 2.45) is 0 Å². The van der Waals surface area contributed by atoms with Crippen molar-refractivity contribution >= 4 is 27.4 Å². The molecule has 0 aliphatic heterocycles. The van der Waals surface area contributed by atoms with Crippen molar-refractivity contribution < 1.29 is 4.39 Å². The first-order valence-corrected chi connectivity index (χ1v) is 6.68. The van der Waals surface area contributed by atoms with Crippen LogP contribution in [0.3, 0.4) is 0 Å². The summed E-state index contributed by atoms with van der Waals surface area (Å²) in [5, 5.41) is 0. The molecule has 0 aliphatic rings. The molecule has 1 unspecified atom stereocenters. The quantitative estimate of drug-likeness (QED) is 0.935. The number of nitrogens with zero attached hydrogens (tertiary/aromatic N) is 2. The zero-order valence-electron chi connectivity index (χ0n) is 10.8. The number of rotatable bonds is 3. The van der Waals surface area contributed by atoms with Crippen LogP contribution in [0.2, 0.25) is 0 Å². The Kier molecular flexibility index (Phi) is 4.04. The van der Waals surface area contributed by atoms with Crippen LogP contribution in [0.5, 0.6) is 0 Å². The highest BCUT2D eigenvalue weighted by Crippen LogP contribution is 2.31. The normalized spacial score (nSPS) is 12.2. The van der Waals surface area contributed by atoms with Crippen molar-refractivity contribution in [1.29, 1.82) is 0 Å². The van der Waals surface area contributed by atoms with Gasteiger partial charge >= 0.3 is 0 Å². The van der Waals surface area contributed by atoms with E-state index in [1.807, 2.05) is 24.9 Å². The fourth-order valence-electron chi connectivity index (χ4n) is 1.91. The number of hydrogen-bond acceptors (Lipinski definition) is 3. The highest BCUT2D eigenvalue weighted by atomic mass is 79.9. The molecule has 0 saturated heterocycles. The summed E-state index contributed by atoms with van der Waals surface area (Å²) >= 11 is 3.43. The van der Waals surface area contributed by atoms with Gasteiger partial charge in [0.25, 0.3) is 0 Å². The average molecular weight is 324 g/mol. The Morgan fingerprint density at radius 2 is 2.05 bits per heavy atom. The van der Waals surface area contributed by atoms with Gasteiger partial charge in [-0.1, -0.05) is 18.2 Å². The summed E-state index contributed by atoms with van der Waals surface area (Å²) in [6.07, 6.45) is 1.59. The standard InChI is InChI=1S/C14H15BrFN3/c1-9(11-5-3-4-6-13(11)16)19(2)14-12(15)7-10(17)8-18-14/h3-9H,17H2,1-2H3. The lowest BCUT2D eigenvalue weighted by Crippen LogP contribution is -2.23. The van der Waals surface area contributed by atoms with E-state index in [0.29, 0.717) is 11.3 Å². The lowest BCUT2D eigenvalue weighted by molar-refractivity contribution is 0.584. The van der Waals surface area contributed by atoms with Gasteiger partial charge in [-0.25, -0.2) is 9.37 Å². The van der Waals surface area contributed by atoms with Crippen molar-refractivity contribution in [1.82, 2.24) is 4.98 Å². The van der Waals surface area contributed by atoms with Crippen LogP contribution in [0.25, 0.3) is 0 Å². The number of benzene rings is 1. The zero-order chi connectivity index (χ0) is 14.0. The number of pyridine rings is 1. The summed E-state index contributed by atoms with van der Waals surface area (Å²) in [6, 6.07) is 8.41. The number of anilines is 2. The number of aromatic nitrogens is 1. The maximum atomic E-state index is 13.8. The minimum atomic E-state index is -0.214. The highest BCUT2D eigenvalue weighted by Gasteiger charge is 2.18. The summed E-state index contributed by atoms with van der Waals surface area (Å²) in [4.78, 5) is 6.19. The number of hydrogen-bond donors (Lipinski definition) is 1. The molecule has 0 fully saturated rings. The molecular weight excluding hydrogens is 309 g/mol. The van der Waals surface area contributed by atoms with Crippen LogP contribution < -0.4 is 10.6 Å². The second-order valence-electron chi connectivity index (χ2n) is 4.38. The van der Waals surface area contributed by atoms with Gasteiger partial charge < -0.3 is 10.6 Å². The van der Waals surface area contributed by atoms with Crippen molar-refractivity contribution in [3.63, 3.8) is 0 Å². The molecule has 19 heavy (non-hydrogen) atoms. The SMILES string of the molecule is CC(c1ccccc1F)N(C)c1ncc(N)cc1Br. The second-order valence-corrected chi connectivity index (χ2v) is 5.24. The first kappa shape index (κ1) is 13.8. The molecule has 0 spiro atoms. The molecular formula is C14H15BrFN3. The number of nitrogen functional groups attached to an aromatic ring is 1. The predicted octanol–water partition coefficient (Wildman–Crippen LogP) is 3.76. The zero-order valence-corrected chi connectivity index (χ0v) is 12.4. The minimum absolute atomic E-state index is 0.131. The molecule has 3 nitrogen and oxygen atoms in total. The molecule has 0 amide bonds. The summed E-state index contributed by atoms with van der Waals surface area (Å²) < 4.78 is 14.6. The van der Waals surface area contributed by atoms with Gasteiger partial charge in [0.1, 0.15) is 11.6 Å². The van der Waals surface area contributed by atoms with Gasteiger partial charge in [0, 0.05) is 12.6 Å². The van der Waals surface area contributed by atoms with Gasteiger partial charge in [-0.15, -0.1) is 0 Å². The molecule has 1 aromatic heterocycles. The van der Waals surface area contributed by atoms with E-state index in [9.17, 15) is 4.39 Å². The average Bonchev–Trinajstić information content (AvgIpc) is 2.38. The van der Waals surface area contributed by atoms with Crippen LogP contribution in [0.15, 0.2) is 41.0 Å². The van der Waals surface area contributed by atoms with Gasteiger partial charge in [0.15, 0.2) is 0 Å². The van der Waals surface area contributed by atoms with Crippen molar-refractivity contribution in [2.45, 2.75) is 13.0 Å². The van der Waals surface area contributed by atoms with Crippen LogP contribution in [-0.4, -0.2) is 12.0 Å². The van der Waals surface area contributed by atoms with Gasteiger partial charge in [0.2, 0.25) is 0 Å². The maximum absolute atomic E-state index is 13.8. The second kappa shape index (κ2) is 5.57. The van der Waals surface area contributed by atoms with Crippen molar-refractivity contribution in [3.8, 4) is 0 Å². The molecule has 0 saturated carbocycles. The Morgan fingerprint density at radius 1 is 1.37 bits per heavy atom. The van der Waals surface area contributed by atoms with Gasteiger partial charge in [-0.3, -0.25) is 0 Å². The van der Waals surface area contributed by atoms with Crippen LogP contribution >= 0.6 is 15.9 Å². The summed E-state index contributed by atoms with van der Waals surface area (Å²) in [5.41, 5.74) is 6.89. The predicted molar refractivity (Wildman–Crippen MR) is 79.6 cm³/mol. The summed E-state index contributed by atoms with van der Waals surface area (Å²) in [5.74, 6) is 0.512.